The zero-order chi connectivity index (χ0) is 24.0. The molecule has 1 aliphatic carbocycles. The SMILES string of the molecule is COc1ccc2cc(COC(=O)CN3C(=O)NC4(CC(C)CC(C)(C)C4)C3=O)c(Cl)nc2c1. The highest BCUT2D eigenvalue weighted by atomic mass is 35.5. The molecule has 1 N–H and O–H groups in total. The van der Waals surface area contributed by atoms with E-state index in [-0.39, 0.29) is 29.0 Å². The number of pyridine rings is 1. The van der Waals surface area contributed by atoms with Crippen molar-refractivity contribution in [1.29, 1.82) is 0 Å². The number of carbonyl (C=O) groups excluding carboxylic acids is 3. The summed E-state index contributed by atoms with van der Waals surface area (Å²) in [5, 5.41) is 3.88. The Hall–Kier alpha value is -2.87. The maximum atomic E-state index is 13.2. The van der Waals surface area contributed by atoms with Crippen LogP contribution in [0.25, 0.3) is 10.9 Å². The average molecular weight is 474 g/mol. The van der Waals surface area contributed by atoms with E-state index >= 15 is 0 Å². The lowest BCUT2D eigenvalue weighted by atomic mass is 9.64. The fraction of sp³-hybridized carbons (Fsp3) is 0.500. The number of hydrogen-bond acceptors (Lipinski definition) is 6. The smallest absolute Gasteiger partial charge is 0.326 e. The van der Waals surface area contributed by atoms with Gasteiger partial charge in [-0.1, -0.05) is 32.4 Å². The summed E-state index contributed by atoms with van der Waals surface area (Å²) >= 11 is 6.26. The number of amides is 3. The minimum atomic E-state index is -0.953. The van der Waals surface area contributed by atoms with Gasteiger partial charge in [-0.15, -0.1) is 0 Å². The van der Waals surface area contributed by atoms with Gasteiger partial charge in [0.05, 0.1) is 12.6 Å². The van der Waals surface area contributed by atoms with Crippen molar-refractivity contribution in [2.24, 2.45) is 11.3 Å². The molecule has 1 saturated heterocycles. The van der Waals surface area contributed by atoms with Gasteiger partial charge < -0.3 is 14.8 Å². The molecular formula is C24H28ClN3O5. The van der Waals surface area contributed by atoms with Crippen molar-refractivity contribution in [3.63, 3.8) is 0 Å². The highest BCUT2D eigenvalue weighted by Gasteiger charge is 2.56. The topological polar surface area (TPSA) is 97.8 Å². The number of nitrogens with one attached hydrogen (secondary N) is 1. The Bertz CT molecular complexity index is 1130. The molecule has 1 aliphatic heterocycles. The summed E-state index contributed by atoms with van der Waals surface area (Å²) < 4.78 is 10.5. The first kappa shape index (κ1) is 23.3. The maximum absolute atomic E-state index is 13.2. The molecule has 0 bridgehead atoms. The minimum absolute atomic E-state index is 0.0824. The van der Waals surface area contributed by atoms with Crippen LogP contribution in [-0.4, -0.2) is 47.0 Å². The zero-order valence-corrected chi connectivity index (χ0v) is 20.0. The normalized spacial score (nSPS) is 24.3. The second kappa shape index (κ2) is 8.48. The summed E-state index contributed by atoms with van der Waals surface area (Å²) in [6, 6.07) is 6.63. The zero-order valence-electron chi connectivity index (χ0n) is 19.2. The largest absolute Gasteiger partial charge is 0.497 e. The number of urea groups is 1. The molecule has 4 rings (SSSR count). The second-order valence-corrected chi connectivity index (χ2v) is 10.3. The maximum Gasteiger partial charge on any atom is 0.326 e. The van der Waals surface area contributed by atoms with E-state index in [1.54, 1.807) is 25.3 Å². The molecule has 1 saturated carbocycles. The summed E-state index contributed by atoms with van der Waals surface area (Å²) in [5.41, 5.74) is 0.148. The van der Waals surface area contributed by atoms with Gasteiger partial charge in [0.2, 0.25) is 0 Å². The van der Waals surface area contributed by atoms with Gasteiger partial charge in [0, 0.05) is 17.0 Å². The molecule has 0 radical (unpaired) electrons. The molecule has 2 unspecified atom stereocenters. The third-order valence-electron chi connectivity index (χ3n) is 6.35. The van der Waals surface area contributed by atoms with Crippen molar-refractivity contribution in [3.8, 4) is 5.75 Å². The Kier molecular flexibility index (Phi) is 5.99. The summed E-state index contributed by atoms with van der Waals surface area (Å²) in [7, 11) is 1.57. The minimum Gasteiger partial charge on any atom is -0.497 e. The monoisotopic (exact) mass is 473 g/mol. The molecule has 8 nitrogen and oxygen atoms in total. The number of aromatic nitrogens is 1. The molecule has 2 fully saturated rings. The Morgan fingerprint density at radius 1 is 1.27 bits per heavy atom. The van der Waals surface area contributed by atoms with Crippen LogP contribution >= 0.6 is 11.6 Å². The van der Waals surface area contributed by atoms with Crippen LogP contribution in [0, 0.1) is 11.3 Å². The lowest BCUT2D eigenvalue weighted by Gasteiger charge is -2.43. The first-order chi connectivity index (χ1) is 15.5. The number of hydrogen-bond donors (Lipinski definition) is 1. The first-order valence-electron chi connectivity index (χ1n) is 10.9. The van der Waals surface area contributed by atoms with E-state index in [1.807, 2.05) is 6.07 Å². The third-order valence-corrected chi connectivity index (χ3v) is 6.68. The molecule has 2 aromatic rings. The number of methoxy groups -OCH3 is 1. The van der Waals surface area contributed by atoms with E-state index in [9.17, 15) is 14.4 Å². The van der Waals surface area contributed by atoms with Crippen molar-refractivity contribution < 1.29 is 23.9 Å². The number of benzene rings is 1. The number of halogens is 1. The highest BCUT2D eigenvalue weighted by molar-refractivity contribution is 6.30. The number of ether oxygens (including phenoxy) is 2. The van der Waals surface area contributed by atoms with E-state index in [2.05, 4.69) is 31.1 Å². The van der Waals surface area contributed by atoms with Crippen LogP contribution in [0.5, 0.6) is 5.75 Å². The van der Waals surface area contributed by atoms with E-state index < -0.39 is 24.1 Å². The van der Waals surface area contributed by atoms with Gasteiger partial charge in [-0.25, -0.2) is 9.78 Å². The molecule has 33 heavy (non-hydrogen) atoms. The molecule has 3 amide bonds. The van der Waals surface area contributed by atoms with Crippen LogP contribution in [0.3, 0.4) is 0 Å². The lowest BCUT2D eigenvalue weighted by Crippen LogP contribution is -2.54. The molecule has 2 atom stereocenters. The van der Waals surface area contributed by atoms with Gasteiger partial charge in [-0.2, -0.15) is 0 Å². The summed E-state index contributed by atoms with van der Waals surface area (Å²) in [5.74, 6) is -0.104. The lowest BCUT2D eigenvalue weighted by molar-refractivity contribution is -0.149. The standard InChI is InChI=1S/C24H28ClN3O5/c1-14-9-23(2,3)13-24(10-14)21(30)28(22(31)27-24)11-19(29)33-12-16-7-15-5-6-17(32-4)8-18(15)26-20(16)25/h5-8,14H,9-13H2,1-4H3,(H,27,31). The number of nitrogens with zero attached hydrogens (tertiary/aromatic N) is 2. The number of carbonyl (C=O) groups is 3. The van der Waals surface area contributed by atoms with Crippen LogP contribution in [0.15, 0.2) is 24.3 Å². The van der Waals surface area contributed by atoms with Crippen molar-refractivity contribution >= 4 is 40.4 Å². The summed E-state index contributed by atoms with van der Waals surface area (Å²) in [6.45, 7) is 5.70. The van der Waals surface area contributed by atoms with Crippen molar-refractivity contribution in [3.05, 3.63) is 35.0 Å². The average Bonchev–Trinajstić information content (AvgIpc) is 2.93. The predicted octanol–water partition coefficient (Wildman–Crippen LogP) is 4.08. The van der Waals surface area contributed by atoms with Gasteiger partial charge in [-0.05, 0) is 48.8 Å². The quantitative estimate of drug-likeness (QED) is 0.399. The molecule has 1 aromatic carbocycles. The highest BCUT2D eigenvalue weighted by Crippen LogP contribution is 2.46. The van der Waals surface area contributed by atoms with Crippen molar-refractivity contribution in [2.45, 2.75) is 52.2 Å². The van der Waals surface area contributed by atoms with Crippen LogP contribution in [0.4, 0.5) is 4.79 Å². The molecule has 2 aliphatic rings. The summed E-state index contributed by atoms with van der Waals surface area (Å²) in [4.78, 5) is 43.6. The third kappa shape index (κ3) is 4.62. The molecule has 2 heterocycles. The van der Waals surface area contributed by atoms with Gasteiger partial charge in [0.1, 0.15) is 29.6 Å². The number of imide groups is 1. The Labute approximate surface area is 197 Å². The van der Waals surface area contributed by atoms with Gasteiger partial charge >= 0.3 is 12.0 Å². The van der Waals surface area contributed by atoms with Crippen molar-refractivity contribution in [2.75, 3.05) is 13.7 Å². The second-order valence-electron chi connectivity index (χ2n) is 9.92. The Morgan fingerprint density at radius 3 is 2.73 bits per heavy atom. The molecular weight excluding hydrogens is 446 g/mol. The van der Waals surface area contributed by atoms with Gasteiger partial charge in [0.25, 0.3) is 5.91 Å². The van der Waals surface area contributed by atoms with E-state index in [0.29, 0.717) is 29.7 Å². The van der Waals surface area contributed by atoms with Crippen LogP contribution < -0.4 is 10.1 Å². The van der Waals surface area contributed by atoms with Gasteiger partial charge in [0.15, 0.2) is 0 Å². The Morgan fingerprint density at radius 2 is 2.03 bits per heavy atom. The van der Waals surface area contributed by atoms with Crippen LogP contribution in [-0.2, 0) is 20.9 Å². The molecule has 1 aromatic heterocycles. The molecule has 1 spiro atoms. The van der Waals surface area contributed by atoms with Gasteiger partial charge in [-0.3, -0.25) is 14.5 Å². The fourth-order valence-corrected chi connectivity index (χ4v) is 5.58. The van der Waals surface area contributed by atoms with Crippen LogP contribution in [0.1, 0.15) is 45.6 Å². The van der Waals surface area contributed by atoms with Crippen molar-refractivity contribution in [1.82, 2.24) is 15.2 Å². The predicted molar refractivity (Wildman–Crippen MR) is 123 cm³/mol. The first-order valence-corrected chi connectivity index (χ1v) is 11.3. The number of esters is 1. The van der Waals surface area contributed by atoms with E-state index in [4.69, 9.17) is 21.1 Å². The van der Waals surface area contributed by atoms with E-state index in [0.717, 1.165) is 16.7 Å². The van der Waals surface area contributed by atoms with E-state index in [1.165, 1.54) is 0 Å². The van der Waals surface area contributed by atoms with Crippen LogP contribution in [0.2, 0.25) is 5.15 Å². The summed E-state index contributed by atoms with van der Waals surface area (Å²) in [6.07, 6.45) is 2.09. The Balaban J connectivity index is 1.42. The molecule has 176 valence electrons. The number of rotatable bonds is 5. The molecule has 9 heteroatoms. The fourth-order valence-electron chi connectivity index (χ4n) is 5.38. The number of fused-ring (bicyclic) bond motifs is 1.